The topological polar surface area (TPSA) is 88.1 Å². The maximum atomic E-state index is 13.2. The number of pyridine rings is 1. The smallest absolute Gasteiger partial charge is 0.319 e. The Kier molecular flexibility index (Phi) is 7.54. The maximum absolute atomic E-state index is 13.2. The number of rotatable bonds is 9. The number of fused-ring (bicyclic) bond motifs is 1. The first-order chi connectivity index (χ1) is 18.3. The summed E-state index contributed by atoms with van der Waals surface area (Å²) in [7, 11) is 0. The molecule has 200 valence electrons. The fraction of sp³-hybridized carbons (Fsp3) is 0.452. The Labute approximate surface area is 225 Å². The summed E-state index contributed by atoms with van der Waals surface area (Å²) in [5.41, 5.74) is 3.55. The SMILES string of the molecule is CC(C)[C@@]1(C)CC[C@@H]2CC(NC(=O)Nc3cc(C(=O)NCc4cccnc4)n(CCc4ccccc4)c3)C21. The van der Waals surface area contributed by atoms with Crippen LogP contribution < -0.4 is 16.0 Å². The van der Waals surface area contributed by atoms with Gasteiger partial charge >= 0.3 is 6.03 Å². The third-order valence-corrected chi connectivity index (χ3v) is 9.00. The van der Waals surface area contributed by atoms with Crippen molar-refractivity contribution < 1.29 is 9.59 Å². The second-order valence-electron chi connectivity index (χ2n) is 11.5. The van der Waals surface area contributed by atoms with Crippen LogP contribution >= 0.6 is 0 Å². The number of carbonyl (C=O) groups is 2. The van der Waals surface area contributed by atoms with Gasteiger partial charge in [0, 0.05) is 37.7 Å². The summed E-state index contributed by atoms with van der Waals surface area (Å²) < 4.78 is 1.92. The van der Waals surface area contributed by atoms with Crippen LogP contribution in [0.1, 0.15) is 61.6 Å². The minimum absolute atomic E-state index is 0.184. The molecule has 2 aromatic heterocycles. The van der Waals surface area contributed by atoms with Gasteiger partial charge in [-0.2, -0.15) is 0 Å². The first-order valence-electron chi connectivity index (χ1n) is 13.8. The number of nitrogens with one attached hydrogen (secondary N) is 3. The molecular formula is C31H39N5O2. The number of aromatic nitrogens is 2. The summed E-state index contributed by atoms with van der Waals surface area (Å²) >= 11 is 0. The minimum atomic E-state index is -0.200. The quantitative estimate of drug-likeness (QED) is 0.346. The molecule has 4 atom stereocenters. The molecule has 3 amide bonds. The molecule has 2 fully saturated rings. The average molecular weight is 514 g/mol. The second-order valence-corrected chi connectivity index (χ2v) is 11.5. The Bertz CT molecular complexity index is 1260. The predicted octanol–water partition coefficient (Wildman–Crippen LogP) is 5.64. The van der Waals surface area contributed by atoms with Crippen LogP contribution in [-0.4, -0.2) is 27.5 Å². The highest BCUT2D eigenvalue weighted by molar-refractivity contribution is 5.96. The van der Waals surface area contributed by atoms with Gasteiger partial charge in [0.1, 0.15) is 5.69 Å². The van der Waals surface area contributed by atoms with Gasteiger partial charge in [-0.1, -0.05) is 57.2 Å². The van der Waals surface area contributed by atoms with E-state index >= 15 is 0 Å². The van der Waals surface area contributed by atoms with E-state index in [4.69, 9.17) is 0 Å². The molecule has 5 rings (SSSR count). The highest BCUT2D eigenvalue weighted by Gasteiger charge is 2.56. The van der Waals surface area contributed by atoms with Gasteiger partial charge in [-0.05, 0) is 72.1 Å². The van der Waals surface area contributed by atoms with Crippen molar-refractivity contribution in [3.63, 3.8) is 0 Å². The molecule has 0 saturated heterocycles. The molecule has 38 heavy (non-hydrogen) atoms. The van der Waals surface area contributed by atoms with E-state index in [1.165, 1.54) is 18.4 Å². The summed E-state index contributed by atoms with van der Waals surface area (Å²) in [6.45, 7) is 8.01. The van der Waals surface area contributed by atoms with Crippen LogP contribution in [-0.2, 0) is 19.5 Å². The van der Waals surface area contributed by atoms with E-state index in [1.54, 1.807) is 18.5 Å². The van der Waals surface area contributed by atoms with E-state index < -0.39 is 0 Å². The number of aryl methyl sites for hydroxylation is 2. The van der Waals surface area contributed by atoms with Crippen LogP contribution in [0.4, 0.5) is 10.5 Å². The van der Waals surface area contributed by atoms with Crippen LogP contribution in [0, 0.1) is 23.2 Å². The van der Waals surface area contributed by atoms with Crippen molar-refractivity contribution in [1.29, 1.82) is 0 Å². The number of benzene rings is 1. The third-order valence-electron chi connectivity index (χ3n) is 9.00. The van der Waals surface area contributed by atoms with Gasteiger partial charge in [0.05, 0.1) is 5.69 Å². The van der Waals surface area contributed by atoms with Crippen molar-refractivity contribution in [3.8, 4) is 0 Å². The fourth-order valence-electron chi connectivity index (χ4n) is 6.49. The molecule has 7 nitrogen and oxygen atoms in total. The molecule has 1 aromatic carbocycles. The van der Waals surface area contributed by atoms with Crippen molar-refractivity contribution in [2.24, 2.45) is 23.2 Å². The lowest BCUT2D eigenvalue weighted by Gasteiger charge is -2.50. The van der Waals surface area contributed by atoms with Gasteiger partial charge in [0.15, 0.2) is 0 Å². The van der Waals surface area contributed by atoms with E-state index in [9.17, 15) is 9.59 Å². The second kappa shape index (κ2) is 11.0. The molecule has 3 aromatic rings. The number of hydrogen-bond acceptors (Lipinski definition) is 3. The Hall–Kier alpha value is -3.61. The van der Waals surface area contributed by atoms with Crippen molar-refractivity contribution in [2.75, 3.05) is 5.32 Å². The molecule has 7 heteroatoms. The molecule has 0 aliphatic heterocycles. The number of anilines is 1. The van der Waals surface area contributed by atoms with Gasteiger partial charge < -0.3 is 20.5 Å². The van der Waals surface area contributed by atoms with Gasteiger partial charge in [0.2, 0.25) is 0 Å². The number of amides is 3. The molecular weight excluding hydrogens is 474 g/mol. The van der Waals surface area contributed by atoms with Gasteiger partial charge in [-0.25, -0.2) is 4.79 Å². The molecule has 2 aliphatic rings. The third kappa shape index (κ3) is 5.47. The molecule has 0 bridgehead atoms. The Morgan fingerprint density at radius 3 is 2.66 bits per heavy atom. The first kappa shape index (κ1) is 26.0. The van der Waals surface area contributed by atoms with Crippen LogP contribution in [0.3, 0.4) is 0 Å². The van der Waals surface area contributed by atoms with Crippen LogP contribution in [0.25, 0.3) is 0 Å². The molecule has 3 N–H and O–H groups in total. The summed E-state index contributed by atoms with van der Waals surface area (Å²) in [4.78, 5) is 30.3. The maximum Gasteiger partial charge on any atom is 0.319 e. The lowest BCUT2D eigenvalue weighted by atomic mass is 9.59. The van der Waals surface area contributed by atoms with Gasteiger partial charge in [-0.15, -0.1) is 0 Å². The number of urea groups is 1. The van der Waals surface area contributed by atoms with E-state index in [0.29, 0.717) is 36.3 Å². The standard InChI is InChI=1S/C31H39N5O2/c1-21(2)31(3)13-11-24-16-26(28(24)31)35-30(38)34-25-17-27(29(37)33-19-23-10-7-14-32-18-23)36(20-25)15-12-22-8-5-4-6-9-22/h4-10,14,17-18,20-21,24,26,28H,11-13,15-16,19H2,1-3H3,(H,33,37)(H2,34,35,38)/t24-,26?,28?,31-/m1/s1. The molecule has 2 saturated carbocycles. The molecule has 0 spiro atoms. The van der Waals surface area contributed by atoms with E-state index in [2.05, 4.69) is 53.8 Å². The molecule has 2 aliphatic carbocycles. The lowest BCUT2D eigenvalue weighted by Crippen LogP contribution is -2.56. The summed E-state index contributed by atoms with van der Waals surface area (Å²) in [6, 6.07) is 15.7. The van der Waals surface area contributed by atoms with Crippen LogP contribution in [0.15, 0.2) is 67.1 Å². The fourth-order valence-corrected chi connectivity index (χ4v) is 6.49. The number of nitrogens with zero attached hydrogens (tertiary/aromatic N) is 2. The zero-order valence-corrected chi connectivity index (χ0v) is 22.6. The van der Waals surface area contributed by atoms with Crippen molar-refractivity contribution >= 4 is 17.6 Å². The van der Waals surface area contributed by atoms with Gasteiger partial charge in [0.25, 0.3) is 5.91 Å². The van der Waals surface area contributed by atoms with Crippen molar-refractivity contribution in [3.05, 3.63) is 83.9 Å². The number of hydrogen-bond donors (Lipinski definition) is 3. The summed E-state index contributed by atoms with van der Waals surface area (Å²) in [5.74, 6) is 1.67. The summed E-state index contributed by atoms with van der Waals surface area (Å²) in [5, 5.41) is 9.23. The Morgan fingerprint density at radius 1 is 1.13 bits per heavy atom. The average Bonchev–Trinajstić information content (AvgIpc) is 3.43. The van der Waals surface area contributed by atoms with E-state index in [0.717, 1.165) is 24.3 Å². The largest absolute Gasteiger partial charge is 0.347 e. The monoisotopic (exact) mass is 513 g/mol. The van der Waals surface area contributed by atoms with Crippen molar-refractivity contribution in [1.82, 2.24) is 20.2 Å². The van der Waals surface area contributed by atoms with Crippen molar-refractivity contribution in [2.45, 2.75) is 65.6 Å². The minimum Gasteiger partial charge on any atom is -0.347 e. The highest BCUT2D eigenvalue weighted by atomic mass is 16.2. The zero-order valence-electron chi connectivity index (χ0n) is 22.6. The molecule has 2 heterocycles. The lowest BCUT2D eigenvalue weighted by molar-refractivity contribution is 0.0234. The van der Waals surface area contributed by atoms with Crippen LogP contribution in [0.2, 0.25) is 0 Å². The normalized spacial score (nSPS) is 23.9. The zero-order chi connectivity index (χ0) is 26.7. The van der Waals surface area contributed by atoms with E-state index in [-0.39, 0.29) is 23.4 Å². The summed E-state index contributed by atoms with van der Waals surface area (Å²) in [6.07, 6.45) is 9.65. The first-order valence-corrected chi connectivity index (χ1v) is 13.8. The molecule has 2 unspecified atom stereocenters. The molecule has 0 radical (unpaired) electrons. The predicted molar refractivity (Wildman–Crippen MR) is 150 cm³/mol. The number of carbonyl (C=O) groups excluding carboxylic acids is 2. The highest BCUT2D eigenvalue weighted by Crippen LogP contribution is 2.60. The Morgan fingerprint density at radius 2 is 1.92 bits per heavy atom. The van der Waals surface area contributed by atoms with E-state index in [1.807, 2.05) is 41.1 Å². The van der Waals surface area contributed by atoms with Crippen LogP contribution in [0.5, 0.6) is 0 Å². The Balaban J connectivity index is 1.26. The van der Waals surface area contributed by atoms with Gasteiger partial charge in [-0.3, -0.25) is 9.78 Å².